The van der Waals surface area contributed by atoms with Crippen molar-refractivity contribution in [3.05, 3.63) is 29.3 Å². The largest absolute Gasteiger partial charge is 0.493 e. The molecule has 0 spiro atoms. The molecule has 3 heteroatoms. The second-order valence-corrected chi connectivity index (χ2v) is 5.27. The Morgan fingerprint density at radius 2 is 2.00 bits per heavy atom. The van der Waals surface area contributed by atoms with Crippen molar-refractivity contribution in [2.75, 3.05) is 20.3 Å². The Morgan fingerprint density at radius 1 is 1.21 bits per heavy atom. The molecular weight excluding hydrogens is 238 g/mol. The number of hydrogen-bond donors (Lipinski definition) is 1. The Kier molecular flexibility index (Phi) is 5.67. The monoisotopic (exact) mass is 263 g/mol. The zero-order valence-electron chi connectivity index (χ0n) is 12.1. The third-order valence-electron chi connectivity index (χ3n) is 3.44. The van der Waals surface area contributed by atoms with Crippen molar-refractivity contribution in [1.82, 2.24) is 5.32 Å². The van der Waals surface area contributed by atoms with Crippen LogP contribution in [0.15, 0.2) is 18.2 Å². The number of para-hydroxylation sites is 1. The lowest BCUT2D eigenvalue weighted by Crippen LogP contribution is -2.16. The van der Waals surface area contributed by atoms with Crippen LogP contribution in [0, 0.1) is 6.92 Å². The molecule has 19 heavy (non-hydrogen) atoms. The van der Waals surface area contributed by atoms with Crippen molar-refractivity contribution < 1.29 is 9.47 Å². The highest BCUT2D eigenvalue weighted by Gasteiger charge is 2.20. The summed E-state index contributed by atoms with van der Waals surface area (Å²) in [4.78, 5) is 0. The number of nitrogens with one attached hydrogen (secondary N) is 1. The Balaban J connectivity index is 1.84. The van der Waals surface area contributed by atoms with Gasteiger partial charge in [0.05, 0.1) is 6.61 Å². The molecule has 1 fully saturated rings. The Bertz CT molecular complexity index is 388. The van der Waals surface area contributed by atoms with Gasteiger partial charge in [-0.3, -0.25) is 0 Å². The van der Waals surface area contributed by atoms with Gasteiger partial charge in [-0.15, -0.1) is 0 Å². The minimum atomic E-state index is 0.732. The number of aryl methyl sites for hydroxylation is 1. The van der Waals surface area contributed by atoms with Crippen LogP contribution in [0.3, 0.4) is 0 Å². The van der Waals surface area contributed by atoms with Gasteiger partial charge in [0.15, 0.2) is 0 Å². The fourth-order valence-electron chi connectivity index (χ4n) is 2.12. The van der Waals surface area contributed by atoms with Crippen molar-refractivity contribution in [2.24, 2.45) is 0 Å². The molecule has 3 nitrogen and oxygen atoms in total. The smallest absolute Gasteiger partial charge is 0.126 e. The maximum absolute atomic E-state index is 5.97. The first kappa shape index (κ1) is 14.4. The fourth-order valence-corrected chi connectivity index (χ4v) is 2.12. The topological polar surface area (TPSA) is 30.5 Å². The van der Waals surface area contributed by atoms with Gasteiger partial charge in [-0.05, 0) is 38.2 Å². The number of ether oxygens (including phenoxy) is 2. The molecule has 0 bridgehead atoms. The SMILES string of the molecule is COCCCCOc1c(C)cccc1CNC1CC1. The summed E-state index contributed by atoms with van der Waals surface area (Å²) in [6.07, 6.45) is 4.73. The number of hydrogen-bond acceptors (Lipinski definition) is 3. The summed E-state index contributed by atoms with van der Waals surface area (Å²) in [6.45, 7) is 4.61. The van der Waals surface area contributed by atoms with Gasteiger partial charge in [-0.25, -0.2) is 0 Å². The van der Waals surface area contributed by atoms with E-state index in [4.69, 9.17) is 9.47 Å². The lowest BCUT2D eigenvalue weighted by atomic mass is 10.1. The van der Waals surface area contributed by atoms with Crippen molar-refractivity contribution >= 4 is 0 Å². The molecule has 1 aliphatic carbocycles. The standard InChI is InChI=1S/C16H25NO2/c1-13-6-5-7-14(12-17-15-8-9-15)16(13)19-11-4-3-10-18-2/h5-7,15,17H,3-4,8-12H2,1-2H3. The molecule has 0 aliphatic heterocycles. The van der Waals surface area contributed by atoms with Crippen molar-refractivity contribution in [3.63, 3.8) is 0 Å². The second kappa shape index (κ2) is 7.51. The molecule has 0 heterocycles. The highest BCUT2D eigenvalue weighted by atomic mass is 16.5. The highest BCUT2D eigenvalue weighted by molar-refractivity contribution is 5.40. The third kappa shape index (κ3) is 4.84. The molecule has 2 rings (SSSR count). The normalized spacial score (nSPS) is 14.6. The molecule has 1 aromatic carbocycles. The van der Waals surface area contributed by atoms with E-state index in [0.717, 1.165) is 44.4 Å². The number of methoxy groups -OCH3 is 1. The minimum Gasteiger partial charge on any atom is -0.493 e. The lowest BCUT2D eigenvalue weighted by Gasteiger charge is -2.14. The first-order valence-corrected chi connectivity index (χ1v) is 7.25. The van der Waals surface area contributed by atoms with Crippen molar-refractivity contribution in [1.29, 1.82) is 0 Å². The van der Waals surface area contributed by atoms with Gasteiger partial charge in [0.25, 0.3) is 0 Å². The molecule has 0 unspecified atom stereocenters. The van der Waals surface area contributed by atoms with Gasteiger partial charge in [-0.1, -0.05) is 18.2 Å². The molecule has 1 aromatic rings. The van der Waals surface area contributed by atoms with E-state index in [1.165, 1.54) is 24.0 Å². The fraction of sp³-hybridized carbons (Fsp3) is 0.625. The number of benzene rings is 1. The van der Waals surface area contributed by atoms with Gasteiger partial charge in [0.1, 0.15) is 5.75 Å². The molecule has 106 valence electrons. The zero-order valence-corrected chi connectivity index (χ0v) is 12.1. The van der Waals surface area contributed by atoms with Crippen molar-refractivity contribution in [2.45, 2.75) is 45.2 Å². The predicted molar refractivity (Wildman–Crippen MR) is 77.6 cm³/mol. The summed E-state index contributed by atoms with van der Waals surface area (Å²) in [6, 6.07) is 7.12. The summed E-state index contributed by atoms with van der Waals surface area (Å²) in [5, 5.41) is 3.55. The first-order chi connectivity index (χ1) is 9.31. The predicted octanol–water partition coefficient (Wildman–Crippen LogP) is 3.05. The van der Waals surface area contributed by atoms with E-state index in [1.807, 2.05) is 0 Å². The molecule has 0 radical (unpaired) electrons. The molecule has 0 atom stereocenters. The van der Waals surface area contributed by atoms with E-state index in [-0.39, 0.29) is 0 Å². The molecule has 1 N–H and O–H groups in total. The van der Waals surface area contributed by atoms with Crippen LogP contribution in [0.25, 0.3) is 0 Å². The lowest BCUT2D eigenvalue weighted by molar-refractivity contribution is 0.184. The molecular formula is C16H25NO2. The average Bonchev–Trinajstić information content (AvgIpc) is 3.22. The Morgan fingerprint density at radius 3 is 2.74 bits per heavy atom. The summed E-state index contributed by atoms with van der Waals surface area (Å²) < 4.78 is 11.0. The Hall–Kier alpha value is -1.06. The minimum absolute atomic E-state index is 0.732. The molecule has 0 aromatic heterocycles. The Labute approximate surface area is 116 Å². The number of rotatable bonds is 9. The van der Waals surface area contributed by atoms with Crippen LogP contribution in [0.4, 0.5) is 0 Å². The van der Waals surface area contributed by atoms with Crippen molar-refractivity contribution in [3.8, 4) is 5.75 Å². The summed E-state index contributed by atoms with van der Waals surface area (Å²) in [5.41, 5.74) is 2.50. The van der Waals surface area contributed by atoms with Gasteiger partial charge in [-0.2, -0.15) is 0 Å². The summed E-state index contributed by atoms with van der Waals surface area (Å²) >= 11 is 0. The molecule has 0 amide bonds. The summed E-state index contributed by atoms with van der Waals surface area (Å²) in [7, 11) is 1.74. The second-order valence-electron chi connectivity index (χ2n) is 5.27. The maximum Gasteiger partial charge on any atom is 0.126 e. The van der Waals surface area contributed by atoms with Gasteiger partial charge in [0, 0.05) is 31.9 Å². The van der Waals surface area contributed by atoms with E-state index in [1.54, 1.807) is 7.11 Å². The molecule has 1 aliphatic rings. The van der Waals surface area contributed by atoms with E-state index >= 15 is 0 Å². The zero-order chi connectivity index (χ0) is 13.5. The molecule has 1 saturated carbocycles. The van der Waals surface area contributed by atoms with Crippen LogP contribution in [-0.2, 0) is 11.3 Å². The van der Waals surface area contributed by atoms with Crippen LogP contribution in [-0.4, -0.2) is 26.4 Å². The van der Waals surface area contributed by atoms with E-state index < -0.39 is 0 Å². The van der Waals surface area contributed by atoms with Crippen LogP contribution < -0.4 is 10.1 Å². The van der Waals surface area contributed by atoms with E-state index in [9.17, 15) is 0 Å². The van der Waals surface area contributed by atoms with Gasteiger partial charge < -0.3 is 14.8 Å². The average molecular weight is 263 g/mol. The maximum atomic E-state index is 5.97. The number of unbranched alkanes of at least 4 members (excludes halogenated alkanes) is 1. The first-order valence-electron chi connectivity index (χ1n) is 7.25. The van der Waals surface area contributed by atoms with E-state index in [2.05, 4.69) is 30.4 Å². The van der Waals surface area contributed by atoms with Crippen LogP contribution in [0.2, 0.25) is 0 Å². The summed E-state index contributed by atoms with van der Waals surface area (Å²) in [5.74, 6) is 1.06. The molecule has 0 saturated heterocycles. The van der Waals surface area contributed by atoms with Crippen LogP contribution in [0.5, 0.6) is 5.75 Å². The quantitative estimate of drug-likeness (QED) is 0.695. The van der Waals surface area contributed by atoms with Crippen LogP contribution in [0.1, 0.15) is 36.8 Å². The third-order valence-corrected chi connectivity index (χ3v) is 3.44. The van der Waals surface area contributed by atoms with Gasteiger partial charge >= 0.3 is 0 Å². The van der Waals surface area contributed by atoms with Crippen LogP contribution >= 0.6 is 0 Å². The highest BCUT2D eigenvalue weighted by Crippen LogP contribution is 2.25. The van der Waals surface area contributed by atoms with E-state index in [0.29, 0.717) is 0 Å². The van der Waals surface area contributed by atoms with Gasteiger partial charge in [0.2, 0.25) is 0 Å².